The fourth-order valence-corrected chi connectivity index (χ4v) is 3.12. The van der Waals surface area contributed by atoms with E-state index in [1.54, 1.807) is 6.20 Å². The Morgan fingerprint density at radius 2 is 2.09 bits per heavy atom. The molecule has 1 aliphatic carbocycles. The Labute approximate surface area is 137 Å². The molecule has 2 aromatic heterocycles. The number of aromatic nitrogens is 2. The van der Waals surface area contributed by atoms with Crippen LogP contribution in [-0.4, -0.2) is 9.97 Å². The second kappa shape index (κ2) is 5.69. The molecule has 1 aromatic carbocycles. The predicted octanol–water partition coefficient (Wildman–Crippen LogP) is 4.88. The first-order valence-corrected chi connectivity index (χ1v) is 8.32. The van der Waals surface area contributed by atoms with Gasteiger partial charge in [-0.05, 0) is 52.5 Å². The maximum atomic E-state index is 4.85. The van der Waals surface area contributed by atoms with E-state index in [0.29, 0.717) is 5.92 Å². The lowest BCUT2D eigenvalue weighted by Crippen LogP contribution is -2.02. The Bertz CT molecular complexity index is 813. The largest absolute Gasteiger partial charge is 0.380 e. The summed E-state index contributed by atoms with van der Waals surface area (Å²) in [5, 5.41) is 4.71. The van der Waals surface area contributed by atoms with Crippen LogP contribution in [0, 0.1) is 0 Å². The molecule has 3 nitrogen and oxygen atoms in total. The maximum Gasteiger partial charge on any atom is 0.0868 e. The summed E-state index contributed by atoms with van der Waals surface area (Å²) in [6.45, 7) is 0.767. The Hall–Kier alpha value is -1.94. The molecule has 1 aliphatic rings. The highest BCUT2D eigenvalue weighted by molar-refractivity contribution is 9.10. The summed E-state index contributed by atoms with van der Waals surface area (Å²) in [7, 11) is 0. The van der Waals surface area contributed by atoms with Crippen molar-refractivity contribution in [3.05, 3.63) is 64.5 Å². The zero-order valence-corrected chi connectivity index (χ0v) is 13.7. The van der Waals surface area contributed by atoms with Gasteiger partial charge in [-0.3, -0.25) is 9.97 Å². The molecule has 0 radical (unpaired) electrons. The third kappa shape index (κ3) is 2.71. The van der Waals surface area contributed by atoms with Gasteiger partial charge in [0.25, 0.3) is 0 Å². The number of fused-ring (bicyclic) bond motifs is 1. The topological polar surface area (TPSA) is 37.8 Å². The smallest absolute Gasteiger partial charge is 0.0868 e. The van der Waals surface area contributed by atoms with Gasteiger partial charge >= 0.3 is 0 Å². The first-order chi connectivity index (χ1) is 10.8. The Morgan fingerprint density at radius 1 is 1.18 bits per heavy atom. The van der Waals surface area contributed by atoms with E-state index < -0.39 is 0 Å². The minimum atomic E-state index is 0.635. The highest BCUT2D eigenvalue weighted by Gasteiger charge is 2.26. The number of anilines is 1. The third-order valence-corrected chi connectivity index (χ3v) is 4.65. The first kappa shape index (κ1) is 13.7. The van der Waals surface area contributed by atoms with E-state index in [-0.39, 0.29) is 0 Å². The molecule has 0 saturated heterocycles. The van der Waals surface area contributed by atoms with E-state index in [0.717, 1.165) is 27.6 Å². The summed E-state index contributed by atoms with van der Waals surface area (Å²) < 4.78 is 1.05. The molecule has 4 heteroatoms. The van der Waals surface area contributed by atoms with Gasteiger partial charge in [-0.15, -0.1) is 0 Å². The molecule has 0 aliphatic heterocycles. The summed E-state index contributed by atoms with van der Waals surface area (Å²) in [6.07, 6.45) is 6.21. The molecular weight excluding hydrogens is 338 g/mol. The molecule has 110 valence electrons. The van der Waals surface area contributed by atoms with Gasteiger partial charge in [0.2, 0.25) is 0 Å². The minimum Gasteiger partial charge on any atom is -0.380 e. The number of hydrogen-bond donors (Lipinski definition) is 1. The summed E-state index contributed by atoms with van der Waals surface area (Å²) >= 11 is 3.63. The van der Waals surface area contributed by atoms with E-state index in [2.05, 4.69) is 56.6 Å². The maximum absolute atomic E-state index is 4.85. The van der Waals surface area contributed by atoms with Gasteiger partial charge in [0, 0.05) is 46.1 Å². The van der Waals surface area contributed by atoms with Crippen molar-refractivity contribution < 1.29 is 0 Å². The third-order valence-electron chi connectivity index (χ3n) is 4.01. The van der Waals surface area contributed by atoms with Gasteiger partial charge in [0.1, 0.15) is 0 Å². The molecule has 22 heavy (non-hydrogen) atoms. The predicted molar refractivity (Wildman–Crippen MR) is 93.0 cm³/mol. The molecule has 4 rings (SSSR count). The zero-order chi connectivity index (χ0) is 14.9. The number of hydrogen-bond acceptors (Lipinski definition) is 3. The highest BCUT2D eigenvalue weighted by atomic mass is 79.9. The van der Waals surface area contributed by atoms with Crippen molar-refractivity contribution in [3.63, 3.8) is 0 Å². The molecule has 3 aromatic rings. The van der Waals surface area contributed by atoms with Crippen molar-refractivity contribution in [2.45, 2.75) is 25.3 Å². The Kier molecular flexibility index (Phi) is 3.54. The number of pyridine rings is 2. The average Bonchev–Trinajstić information content (AvgIpc) is 3.39. The van der Waals surface area contributed by atoms with E-state index in [1.807, 2.05) is 12.3 Å². The van der Waals surface area contributed by atoms with Crippen LogP contribution in [0.2, 0.25) is 0 Å². The van der Waals surface area contributed by atoms with Crippen molar-refractivity contribution in [3.8, 4) is 0 Å². The van der Waals surface area contributed by atoms with Gasteiger partial charge in [-0.2, -0.15) is 0 Å². The molecule has 1 saturated carbocycles. The molecule has 0 atom stereocenters. The molecule has 0 amide bonds. The SMILES string of the molecule is Brc1cccc2c(NCc3cccnc3)cc(C3CC3)nc12. The van der Waals surface area contributed by atoms with Crippen LogP contribution in [0.3, 0.4) is 0 Å². The van der Waals surface area contributed by atoms with E-state index in [9.17, 15) is 0 Å². The zero-order valence-electron chi connectivity index (χ0n) is 12.1. The molecule has 1 N–H and O–H groups in total. The number of nitrogens with zero attached hydrogens (tertiary/aromatic N) is 2. The summed E-state index contributed by atoms with van der Waals surface area (Å²) in [6, 6.07) is 12.5. The molecule has 2 heterocycles. The Morgan fingerprint density at radius 3 is 2.86 bits per heavy atom. The van der Waals surface area contributed by atoms with Crippen molar-refractivity contribution in [2.75, 3.05) is 5.32 Å². The standard InChI is InChI=1S/C18H16BrN3/c19-15-5-1-4-14-17(21-11-12-3-2-8-20-10-12)9-16(13-6-7-13)22-18(14)15/h1-5,8-10,13H,6-7,11H2,(H,21,22). The summed E-state index contributed by atoms with van der Waals surface area (Å²) in [5.41, 5.74) is 4.57. The van der Waals surface area contributed by atoms with Crippen LogP contribution in [0.4, 0.5) is 5.69 Å². The second-order valence-corrected chi connectivity index (χ2v) is 6.57. The number of nitrogens with one attached hydrogen (secondary N) is 1. The fraction of sp³-hybridized carbons (Fsp3) is 0.222. The first-order valence-electron chi connectivity index (χ1n) is 7.53. The lowest BCUT2D eigenvalue weighted by molar-refractivity contribution is 1.04. The van der Waals surface area contributed by atoms with Crippen LogP contribution in [0.1, 0.15) is 30.0 Å². The molecule has 0 bridgehead atoms. The lowest BCUT2D eigenvalue weighted by Gasteiger charge is -2.12. The monoisotopic (exact) mass is 353 g/mol. The molecule has 0 unspecified atom stereocenters. The average molecular weight is 354 g/mol. The van der Waals surface area contributed by atoms with Gasteiger partial charge in [-0.25, -0.2) is 0 Å². The van der Waals surface area contributed by atoms with Gasteiger partial charge in [-0.1, -0.05) is 18.2 Å². The summed E-state index contributed by atoms with van der Waals surface area (Å²) in [5.74, 6) is 0.635. The highest BCUT2D eigenvalue weighted by Crippen LogP contribution is 2.41. The van der Waals surface area contributed by atoms with E-state index in [1.165, 1.54) is 24.1 Å². The van der Waals surface area contributed by atoms with Crippen LogP contribution >= 0.6 is 15.9 Å². The van der Waals surface area contributed by atoms with Crippen molar-refractivity contribution >= 4 is 32.5 Å². The minimum absolute atomic E-state index is 0.635. The van der Waals surface area contributed by atoms with Crippen LogP contribution < -0.4 is 5.32 Å². The van der Waals surface area contributed by atoms with Crippen LogP contribution in [0.25, 0.3) is 10.9 Å². The summed E-state index contributed by atoms with van der Waals surface area (Å²) in [4.78, 5) is 9.02. The number of para-hydroxylation sites is 1. The molecular formula is C18H16BrN3. The van der Waals surface area contributed by atoms with Crippen molar-refractivity contribution in [2.24, 2.45) is 0 Å². The van der Waals surface area contributed by atoms with Crippen LogP contribution in [0.15, 0.2) is 53.3 Å². The lowest BCUT2D eigenvalue weighted by atomic mass is 10.1. The van der Waals surface area contributed by atoms with Gasteiger partial charge in [0.05, 0.1) is 5.52 Å². The molecule has 0 spiro atoms. The quantitative estimate of drug-likeness (QED) is 0.726. The van der Waals surface area contributed by atoms with Gasteiger partial charge in [0.15, 0.2) is 0 Å². The van der Waals surface area contributed by atoms with Crippen LogP contribution in [-0.2, 0) is 6.54 Å². The number of rotatable bonds is 4. The molecule has 1 fully saturated rings. The van der Waals surface area contributed by atoms with E-state index in [4.69, 9.17) is 4.98 Å². The van der Waals surface area contributed by atoms with Crippen molar-refractivity contribution in [1.29, 1.82) is 0 Å². The van der Waals surface area contributed by atoms with Gasteiger partial charge < -0.3 is 5.32 Å². The second-order valence-electron chi connectivity index (χ2n) is 5.72. The number of benzene rings is 1. The normalized spacial score (nSPS) is 14.2. The fourth-order valence-electron chi connectivity index (χ4n) is 2.67. The van der Waals surface area contributed by atoms with Crippen molar-refractivity contribution in [1.82, 2.24) is 9.97 Å². The number of halogens is 1. The van der Waals surface area contributed by atoms with E-state index >= 15 is 0 Å². The Balaban J connectivity index is 1.73. The van der Waals surface area contributed by atoms with Crippen LogP contribution in [0.5, 0.6) is 0 Å².